The lowest BCUT2D eigenvalue weighted by Crippen LogP contribution is -2.51. The van der Waals surface area contributed by atoms with Gasteiger partial charge in [-0.05, 0) is 59.0 Å². The summed E-state index contributed by atoms with van der Waals surface area (Å²) in [5.74, 6) is -0.633. The van der Waals surface area contributed by atoms with Crippen LogP contribution in [0.2, 0.25) is 0 Å². The van der Waals surface area contributed by atoms with Crippen LogP contribution >= 0.6 is 0 Å². The first-order valence-electron chi connectivity index (χ1n) is 14.1. The molecular weight excluding hydrogens is 512 g/mol. The maximum Gasteiger partial charge on any atom is 0.252 e. The summed E-state index contributed by atoms with van der Waals surface area (Å²) in [5, 5.41) is 8.00. The van der Waals surface area contributed by atoms with Crippen molar-refractivity contribution in [1.82, 2.24) is 15.2 Å². The van der Waals surface area contributed by atoms with Gasteiger partial charge in [0.1, 0.15) is 6.04 Å². The van der Waals surface area contributed by atoms with Crippen LogP contribution in [0.1, 0.15) is 53.7 Å². The van der Waals surface area contributed by atoms with Crippen LogP contribution in [0.3, 0.4) is 0 Å². The summed E-state index contributed by atoms with van der Waals surface area (Å²) in [6, 6.07) is 23.8. The van der Waals surface area contributed by atoms with E-state index in [9.17, 15) is 14.4 Å². The van der Waals surface area contributed by atoms with Gasteiger partial charge in [-0.3, -0.25) is 19.4 Å². The third kappa shape index (κ3) is 6.69. The highest BCUT2D eigenvalue weighted by molar-refractivity contribution is 6.00. The highest BCUT2D eigenvalue weighted by Gasteiger charge is 2.32. The zero-order valence-corrected chi connectivity index (χ0v) is 23.1. The van der Waals surface area contributed by atoms with Crippen LogP contribution in [0.5, 0.6) is 0 Å². The quantitative estimate of drug-likeness (QED) is 0.258. The molecule has 7 nitrogen and oxygen atoms in total. The van der Waals surface area contributed by atoms with Gasteiger partial charge in [0.2, 0.25) is 11.8 Å². The number of fused-ring (bicyclic) bond motifs is 1. The van der Waals surface area contributed by atoms with Gasteiger partial charge < -0.3 is 15.5 Å². The largest absolute Gasteiger partial charge is 0.340 e. The average Bonchev–Trinajstić information content (AvgIpc) is 3.01. The molecule has 2 N–H and O–H groups in total. The Labute approximate surface area is 240 Å². The van der Waals surface area contributed by atoms with Crippen molar-refractivity contribution in [2.75, 3.05) is 11.9 Å². The van der Waals surface area contributed by atoms with Gasteiger partial charge in [-0.25, -0.2) is 0 Å². The summed E-state index contributed by atoms with van der Waals surface area (Å²) < 4.78 is 0. The third-order valence-corrected chi connectivity index (χ3v) is 7.35. The number of anilines is 1. The molecule has 1 aromatic heterocycles. The van der Waals surface area contributed by atoms with E-state index in [4.69, 9.17) is 0 Å². The Balaban J connectivity index is 1.45. The topological polar surface area (TPSA) is 91.4 Å². The molecule has 3 amide bonds. The molecule has 0 bridgehead atoms. The van der Waals surface area contributed by atoms with Crippen LogP contribution in [0.15, 0.2) is 103 Å². The van der Waals surface area contributed by atoms with E-state index in [0.717, 1.165) is 28.3 Å². The molecule has 4 aromatic rings. The van der Waals surface area contributed by atoms with Crippen LogP contribution in [0.4, 0.5) is 5.69 Å². The molecule has 0 saturated carbocycles. The number of carbonyl (C=O) groups excluding carboxylic acids is 3. The number of carbonyl (C=O) groups is 3. The molecule has 2 heterocycles. The lowest BCUT2D eigenvalue weighted by molar-refractivity contribution is -0.135. The van der Waals surface area contributed by atoms with Gasteiger partial charge in [-0.1, -0.05) is 73.7 Å². The normalized spacial score (nSPS) is 15.3. The van der Waals surface area contributed by atoms with E-state index >= 15 is 0 Å². The number of hydrogen-bond acceptors (Lipinski definition) is 4. The van der Waals surface area contributed by atoms with E-state index in [0.29, 0.717) is 37.1 Å². The predicted octanol–water partition coefficient (Wildman–Crippen LogP) is 5.84. The third-order valence-electron chi connectivity index (χ3n) is 7.35. The Morgan fingerprint density at radius 1 is 0.976 bits per heavy atom. The summed E-state index contributed by atoms with van der Waals surface area (Å²) in [4.78, 5) is 46.1. The zero-order valence-electron chi connectivity index (χ0n) is 23.1. The fourth-order valence-electron chi connectivity index (χ4n) is 5.32. The minimum absolute atomic E-state index is 0.103. The molecule has 5 rings (SSSR count). The SMILES string of the molecule is CCCC(=O)Nc1cccc(C(=O)N[C@@H](Cc2cccc3ccccc23)C(=O)N2CC=CCC2c2cccnc2)c1. The second kappa shape index (κ2) is 13.0. The summed E-state index contributed by atoms with van der Waals surface area (Å²) in [6.45, 7) is 2.38. The number of nitrogens with one attached hydrogen (secondary N) is 2. The van der Waals surface area contributed by atoms with Gasteiger partial charge >= 0.3 is 0 Å². The van der Waals surface area contributed by atoms with Crippen molar-refractivity contribution in [1.29, 1.82) is 0 Å². The average molecular weight is 547 g/mol. The standard InChI is InChI=1S/C34H34N4O3/c1-2-10-32(39)36-28-16-8-14-26(21-28)33(40)37-30(22-25-13-7-12-24-11-3-4-17-29(24)25)34(41)38-20-6-5-18-31(38)27-15-9-19-35-23-27/h3-9,11-17,19,21,23,30-31H,2,10,18,20,22H2,1H3,(H,36,39)(H,37,40)/t30-,31?/m0/s1. The minimum atomic E-state index is -0.808. The minimum Gasteiger partial charge on any atom is -0.340 e. The van der Waals surface area contributed by atoms with Gasteiger partial charge in [0.15, 0.2) is 0 Å². The number of rotatable bonds is 9. The molecule has 2 atom stereocenters. The summed E-state index contributed by atoms with van der Waals surface area (Å²) in [5.41, 5.74) is 2.85. The zero-order chi connectivity index (χ0) is 28.6. The molecule has 1 aliphatic rings. The Kier molecular flexibility index (Phi) is 8.84. The predicted molar refractivity (Wildman–Crippen MR) is 161 cm³/mol. The van der Waals surface area contributed by atoms with Crippen molar-refractivity contribution < 1.29 is 14.4 Å². The molecule has 7 heteroatoms. The Morgan fingerprint density at radius 3 is 2.63 bits per heavy atom. The van der Waals surface area contributed by atoms with E-state index in [2.05, 4.69) is 21.7 Å². The van der Waals surface area contributed by atoms with Gasteiger partial charge in [0, 0.05) is 43.0 Å². The van der Waals surface area contributed by atoms with Gasteiger partial charge in [-0.15, -0.1) is 0 Å². The molecule has 0 aliphatic carbocycles. The highest BCUT2D eigenvalue weighted by Crippen LogP contribution is 2.29. The molecule has 0 fully saturated rings. The Bertz CT molecular complexity index is 1560. The number of benzene rings is 3. The van der Waals surface area contributed by atoms with Gasteiger partial charge in [0.25, 0.3) is 5.91 Å². The smallest absolute Gasteiger partial charge is 0.252 e. The number of pyridine rings is 1. The number of hydrogen-bond donors (Lipinski definition) is 2. The fraction of sp³-hybridized carbons (Fsp3) is 0.235. The summed E-state index contributed by atoms with van der Waals surface area (Å²) >= 11 is 0. The molecule has 0 spiro atoms. The van der Waals surface area contributed by atoms with Crippen LogP contribution in [-0.2, 0) is 16.0 Å². The second-order valence-electron chi connectivity index (χ2n) is 10.2. The van der Waals surface area contributed by atoms with Gasteiger partial charge in [-0.2, -0.15) is 0 Å². The highest BCUT2D eigenvalue weighted by atomic mass is 16.2. The maximum absolute atomic E-state index is 14.3. The molecule has 3 aromatic carbocycles. The molecule has 0 saturated heterocycles. The van der Waals surface area contributed by atoms with Crippen LogP contribution in [-0.4, -0.2) is 40.2 Å². The fourth-order valence-corrected chi connectivity index (χ4v) is 5.32. The number of aromatic nitrogens is 1. The first-order valence-corrected chi connectivity index (χ1v) is 14.1. The van der Waals surface area contributed by atoms with Crippen molar-refractivity contribution in [3.05, 3.63) is 120 Å². The van der Waals surface area contributed by atoms with Crippen molar-refractivity contribution >= 4 is 34.2 Å². The molecule has 1 unspecified atom stereocenters. The Morgan fingerprint density at radius 2 is 1.80 bits per heavy atom. The summed E-state index contributed by atoms with van der Waals surface area (Å²) in [7, 11) is 0. The van der Waals surface area contributed by atoms with Crippen LogP contribution < -0.4 is 10.6 Å². The van der Waals surface area contributed by atoms with Crippen LogP contribution in [0.25, 0.3) is 10.8 Å². The van der Waals surface area contributed by atoms with E-state index < -0.39 is 6.04 Å². The maximum atomic E-state index is 14.3. The van der Waals surface area contributed by atoms with Crippen LogP contribution in [0, 0.1) is 0 Å². The van der Waals surface area contributed by atoms with E-state index in [1.54, 1.807) is 36.7 Å². The molecule has 208 valence electrons. The second-order valence-corrected chi connectivity index (χ2v) is 10.2. The summed E-state index contributed by atoms with van der Waals surface area (Å²) in [6.07, 6.45) is 9.72. The van der Waals surface area contributed by atoms with E-state index in [1.807, 2.05) is 72.5 Å². The van der Waals surface area contributed by atoms with E-state index in [1.165, 1.54) is 0 Å². The first kappa shape index (κ1) is 27.8. The molecule has 0 radical (unpaired) electrons. The first-order chi connectivity index (χ1) is 20.0. The van der Waals surface area contributed by atoms with Crippen molar-refractivity contribution in [3.63, 3.8) is 0 Å². The molecular formula is C34H34N4O3. The molecule has 41 heavy (non-hydrogen) atoms. The number of nitrogens with zero attached hydrogens (tertiary/aromatic N) is 2. The van der Waals surface area contributed by atoms with Crippen molar-refractivity contribution in [2.24, 2.45) is 0 Å². The lowest BCUT2D eigenvalue weighted by atomic mass is 9.95. The number of amides is 3. The van der Waals surface area contributed by atoms with Crippen molar-refractivity contribution in [3.8, 4) is 0 Å². The van der Waals surface area contributed by atoms with E-state index in [-0.39, 0.29) is 23.8 Å². The monoisotopic (exact) mass is 546 g/mol. The van der Waals surface area contributed by atoms with Gasteiger partial charge in [0.05, 0.1) is 6.04 Å². The molecule has 1 aliphatic heterocycles. The Hall–Kier alpha value is -4.78. The van der Waals surface area contributed by atoms with Crippen molar-refractivity contribution in [2.45, 2.75) is 44.7 Å². The lowest BCUT2D eigenvalue weighted by Gasteiger charge is -2.36.